The molecule has 0 radical (unpaired) electrons. The van der Waals surface area contributed by atoms with Crippen LogP contribution in [-0.2, 0) is 0 Å². The molecule has 60 valence electrons. The van der Waals surface area contributed by atoms with Crippen molar-refractivity contribution in [2.24, 2.45) is 0 Å². The summed E-state index contributed by atoms with van der Waals surface area (Å²) >= 11 is 0. The van der Waals surface area contributed by atoms with Crippen molar-refractivity contribution < 1.29 is 4.39 Å². The molecule has 1 heterocycles. The Morgan fingerprint density at radius 1 is 1.70 bits per heavy atom. The Balaban J connectivity index is 2.26. The van der Waals surface area contributed by atoms with E-state index in [1.165, 1.54) is 12.8 Å². The van der Waals surface area contributed by atoms with Crippen molar-refractivity contribution in [1.29, 1.82) is 0 Å². The summed E-state index contributed by atoms with van der Waals surface area (Å²) in [6, 6.07) is 0.514. The molecule has 1 unspecified atom stereocenters. The summed E-state index contributed by atoms with van der Waals surface area (Å²) in [6.07, 6.45) is 2.51. The van der Waals surface area contributed by atoms with Gasteiger partial charge in [0.25, 0.3) is 0 Å². The van der Waals surface area contributed by atoms with Crippen molar-refractivity contribution >= 4 is 0 Å². The normalized spacial score (nSPS) is 30.9. The molecule has 0 aromatic heterocycles. The Kier molecular flexibility index (Phi) is 2.66. The van der Waals surface area contributed by atoms with Gasteiger partial charge in [-0.3, -0.25) is 0 Å². The molecule has 1 nitrogen and oxygen atoms in total. The van der Waals surface area contributed by atoms with Crippen molar-refractivity contribution in [2.45, 2.75) is 38.4 Å². The van der Waals surface area contributed by atoms with Gasteiger partial charge in [0.15, 0.2) is 0 Å². The number of alkyl halides is 1. The summed E-state index contributed by atoms with van der Waals surface area (Å²) in [5.41, 5.74) is 0. The van der Waals surface area contributed by atoms with Crippen LogP contribution >= 0.6 is 0 Å². The standard InChI is InChI=1S/C8H16FN/c1-7(9)6-8-4-3-5-10(8)2/h7-8H,3-6H2,1-2H3/t7-,8?/m0/s1. The molecular formula is C8H16FN. The van der Waals surface area contributed by atoms with Crippen LogP contribution in [0.25, 0.3) is 0 Å². The Morgan fingerprint density at radius 2 is 2.40 bits per heavy atom. The van der Waals surface area contributed by atoms with Crippen LogP contribution in [0.1, 0.15) is 26.2 Å². The number of halogens is 1. The maximum absolute atomic E-state index is 12.5. The largest absolute Gasteiger partial charge is 0.303 e. The molecule has 0 aliphatic carbocycles. The van der Waals surface area contributed by atoms with Gasteiger partial charge in [-0.15, -0.1) is 0 Å². The van der Waals surface area contributed by atoms with E-state index >= 15 is 0 Å². The van der Waals surface area contributed by atoms with Crippen LogP contribution in [0.5, 0.6) is 0 Å². The molecule has 0 bridgehead atoms. The van der Waals surface area contributed by atoms with Crippen molar-refractivity contribution in [3.05, 3.63) is 0 Å². The van der Waals surface area contributed by atoms with Crippen molar-refractivity contribution in [2.75, 3.05) is 13.6 Å². The van der Waals surface area contributed by atoms with Crippen LogP contribution in [0.4, 0.5) is 4.39 Å². The van der Waals surface area contributed by atoms with Crippen LogP contribution in [-0.4, -0.2) is 30.7 Å². The topological polar surface area (TPSA) is 3.24 Å². The zero-order chi connectivity index (χ0) is 7.56. The molecule has 0 spiro atoms. The first-order chi connectivity index (χ1) is 4.70. The average Bonchev–Trinajstić information content (AvgIpc) is 2.15. The van der Waals surface area contributed by atoms with Gasteiger partial charge in [0.2, 0.25) is 0 Å². The minimum atomic E-state index is -0.634. The number of nitrogens with zero attached hydrogens (tertiary/aromatic N) is 1. The molecule has 1 aliphatic heterocycles. The highest BCUT2D eigenvalue weighted by Crippen LogP contribution is 2.19. The van der Waals surface area contributed by atoms with Crippen molar-refractivity contribution in [3.63, 3.8) is 0 Å². The first-order valence-electron chi connectivity index (χ1n) is 4.04. The fourth-order valence-electron chi connectivity index (χ4n) is 1.65. The molecule has 0 aromatic rings. The molecule has 1 saturated heterocycles. The lowest BCUT2D eigenvalue weighted by atomic mass is 10.1. The molecule has 2 atom stereocenters. The number of likely N-dealkylation sites (tertiary alicyclic amines) is 1. The molecule has 10 heavy (non-hydrogen) atoms. The van der Waals surface area contributed by atoms with E-state index in [9.17, 15) is 4.39 Å². The third kappa shape index (κ3) is 1.94. The smallest absolute Gasteiger partial charge is 0.0988 e. The minimum absolute atomic E-state index is 0.514. The van der Waals surface area contributed by atoms with E-state index in [0.29, 0.717) is 6.04 Å². The second-order valence-electron chi connectivity index (χ2n) is 3.29. The van der Waals surface area contributed by atoms with Gasteiger partial charge in [-0.1, -0.05) is 0 Å². The van der Waals surface area contributed by atoms with Gasteiger partial charge in [0, 0.05) is 6.04 Å². The summed E-state index contributed by atoms with van der Waals surface area (Å²) in [6.45, 7) is 2.80. The zero-order valence-electron chi connectivity index (χ0n) is 6.81. The summed E-state index contributed by atoms with van der Waals surface area (Å²) in [5.74, 6) is 0. The molecule has 1 rings (SSSR count). The molecule has 0 aromatic carbocycles. The quantitative estimate of drug-likeness (QED) is 0.573. The predicted molar refractivity (Wildman–Crippen MR) is 40.8 cm³/mol. The third-order valence-corrected chi connectivity index (χ3v) is 2.27. The Morgan fingerprint density at radius 3 is 2.80 bits per heavy atom. The van der Waals surface area contributed by atoms with Gasteiger partial charge in [-0.05, 0) is 39.8 Å². The number of hydrogen-bond donors (Lipinski definition) is 0. The maximum atomic E-state index is 12.5. The Labute approximate surface area is 62.2 Å². The average molecular weight is 145 g/mol. The van der Waals surface area contributed by atoms with Crippen LogP contribution < -0.4 is 0 Å². The summed E-state index contributed by atoms with van der Waals surface area (Å²) in [4.78, 5) is 2.26. The molecule has 2 heteroatoms. The number of hydrogen-bond acceptors (Lipinski definition) is 1. The summed E-state index contributed by atoms with van der Waals surface area (Å²) in [5, 5.41) is 0. The first kappa shape index (κ1) is 7.99. The highest BCUT2D eigenvalue weighted by Gasteiger charge is 2.22. The van der Waals surface area contributed by atoms with Crippen LogP contribution in [0.15, 0.2) is 0 Å². The van der Waals surface area contributed by atoms with E-state index in [-0.39, 0.29) is 0 Å². The SMILES string of the molecule is C[C@H](F)CC1CCCN1C. The minimum Gasteiger partial charge on any atom is -0.303 e. The van der Waals surface area contributed by atoms with Crippen molar-refractivity contribution in [1.82, 2.24) is 4.90 Å². The van der Waals surface area contributed by atoms with E-state index in [2.05, 4.69) is 11.9 Å². The van der Waals surface area contributed by atoms with Gasteiger partial charge < -0.3 is 4.90 Å². The molecule has 1 aliphatic rings. The molecule has 0 amide bonds. The van der Waals surface area contributed by atoms with Crippen LogP contribution in [0, 0.1) is 0 Å². The Bertz CT molecular complexity index is 103. The van der Waals surface area contributed by atoms with Crippen molar-refractivity contribution in [3.8, 4) is 0 Å². The van der Waals surface area contributed by atoms with Crippen LogP contribution in [0.2, 0.25) is 0 Å². The van der Waals surface area contributed by atoms with E-state index < -0.39 is 6.17 Å². The highest BCUT2D eigenvalue weighted by atomic mass is 19.1. The Hall–Kier alpha value is -0.110. The predicted octanol–water partition coefficient (Wildman–Crippen LogP) is 1.83. The lowest BCUT2D eigenvalue weighted by molar-refractivity contribution is 0.230. The summed E-state index contributed by atoms with van der Waals surface area (Å²) < 4.78 is 12.5. The fraction of sp³-hybridized carbons (Fsp3) is 1.00. The lowest BCUT2D eigenvalue weighted by Gasteiger charge is -2.19. The van der Waals surface area contributed by atoms with Crippen LogP contribution in [0.3, 0.4) is 0 Å². The highest BCUT2D eigenvalue weighted by molar-refractivity contribution is 4.77. The summed E-state index contributed by atoms with van der Waals surface area (Å²) in [7, 11) is 2.08. The van der Waals surface area contributed by atoms with E-state index in [0.717, 1.165) is 13.0 Å². The lowest BCUT2D eigenvalue weighted by Crippen LogP contribution is -2.26. The van der Waals surface area contributed by atoms with Gasteiger partial charge in [-0.25, -0.2) is 4.39 Å². The zero-order valence-corrected chi connectivity index (χ0v) is 6.81. The molecular weight excluding hydrogens is 129 g/mol. The van der Waals surface area contributed by atoms with Gasteiger partial charge in [-0.2, -0.15) is 0 Å². The van der Waals surface area contributed by atoms with Gasteiger partial charge >= 0.3 is 0 Å². The van der Waals surface area contributed by atoms with E-state index in [4.69, 9.17) is 0 Å². The molecule has 0 saturated carbocycles. The van der Waals surface area contributed by atoms with Gasteiger partial charge in [0.05, 0.1) is 6.17 Å². The van der Waals surface area contributed by atoms with E-state index in [1.807, 2.05) is 0 Å². The van der Waals surface area contributed by atoms with Gasteiger partial charge in [0.1, 0.15) is 0 Å². The molecule has 1 fully saturated rings. The molecule has 0 N–H and O–H groups in total. The maximum Gasteiger partial charge on any atom is 0.0988 e. The van der Waals surface area contributed by atoms with E-state index in [1.54, 1.807) is 6.92 Å². The fourth-order valence-corrected chi connectivity index (χ4v) is 1.65. The second-order valence-corrected chi connectivity index (χ2v) is 3.29. The monoisotopic (exact) mass is 145 g/mol. The first-order valence-corrected chi connectivity index (χ1v) is 4.04. The number of rotatable bonds is 2. The third-order valence-electron chi connectivity index (χ3n) is 2.27. The second kappa shape index (κ2) is 3.33.